The van der Waals surface area contributed by atoms with Crippen LogP contribution in [-0.4, -0.2) is 29.4 Å². The Kier molecular flexibility index (Phi) is 4.18. The molecule has 2 N–H and O–H groups in total. The summed E-state index contributed by atoms with van der Waals surface area (Å²) in [6, 6.07) is 3.62. The predicted octanol–water partition coefficient (Wildman–Crippen LogP) is 2.16. The Labute approximate surface area is 118 Å². The van der Waals surface area contributed by atoms with E-state index in [0.29, 0.717) is 11.3 Å². The van der Waals surface area contributed by atoms with E-state index in [9.17, 15) is 9.90 Å². The van der Waals surface area contributed by atoms with Crippen LogP contribution in [0.2, 0.25) is 0 Å². The van der Waals surface area contributed by atoms with E-state index in [0.717, 1.165) is 17.7 Å². The van der Waals surface area contributed by atoms with Crippen LogP contribution in [0.4, 0.5) is 0 Å². The lowest BCUT2D eigenvalue weighted by Crippen LogP contribution is -2.14. The Morgan fingerprint density at radius 3 is 2.85 bits per heavy atom. The van der Waals surface area contributed by atoms with Crippen molar-refractivity contribution in [2.24, 2.45) is 5.92 Å². The highest BCUT2D eigenvalue weighted by molar-refractivity contribution is 5.69. The number of aliphatic hydroxyl groups excluding tert-OH is 1. The van der Waals surface area contributed by atoms with Gasteiger partial charge >= 0.3 is 5.97 Å². The zero-order chi connectivity index (χ0) is 14.9. The second kappa shape index (κ2) is 5.71. The molecule has 0 saturated heterocycles. The van der Waals surface area contributed by atoms with Gasteiger partial charge in [-0.2, -0.15) is 0 Å². The third-order valence-electron chi connectivity index (χ3n) is 3.61. The summed E-state index contributed by atoms with van der Waals surface area (Å²) >= 11 is 0. The minimum absolute atomic E-state index is 0.111. The number of fused-ring (bicyclic) bond motifs is 1. The van der Waals surface area contributed by atoms with Crippen LogP contribution >= 0.6 is 0 Å². The van der Waals surface area contributed by atoms with Crippen LogP contribution in [0.5, 0.6) is 11.5 Å². The number of aliphatic carboxylic acids is 1. The van der Waals surface area contributed by atoms with Gasteiger partial charge in [-0.3, -0.25) is 4.79 Å². The molecule has 20 heavy (non-hydrogen) atoms. The summed E-state index contributed by atoms with van der Waals surface area (Å²) < 4.78 is 11.0. The molecule has 0 spiro atoms. The van der Waals surface area contributed by atoms with Crippen molar-refractivity contribution in [1.29, 1.82) is 0 Å². The number of carboxylic acids is 1. The van der Waals surface area contributed by atoms with Crippen LogP contribution in [0.3, 0.4) is 0 Å². The van der Waals surface area contributed by atoms with E-state index in [1.807, 2.05) is 13.0 Å². The fourth-order valence-corrected chi connectivity index (χ4v) is 2.45. The summed E-state index contributed by atoms with van der Waals surface area (Å²) in [5.41, 5.74) is 1.63. The van der Waals surface area contributed by atoms with E-state index >= 15 is 0 Å². The molecule has 1 aromatic rings. The third kappa shape index (κ3) is 2.88. The average molecular weight is 280 g/mol. The molecule has 1 heterocycles. The Morgan fingerprint density at radius 2 is 2.25 bits per heavy atom. The SMILES string of the molecule is COc1cc2c(cc1C(O)CC(C)C(=O)O)OC(C)C2. The van der Waals surface area contributed by atoms with E-state index in [1.165, 1.54) is 7.11 Å². The van der Waals surface area contributed by atoms with E-state index in [-0.39, 0.29) is 12.5 Å². The molecule has 0 bridgehead atoms. The Bertz CT molecular complexity index is 511. The maximum absolute atomic E-state index is 10.9. The molecule has 0 fully saturated rings. The zero-order valence-electron chi connectivity index (χ0n) is 11.9. The van der Waals surface area contributed by atoms with Crippen molar-refractivity contribution in [1.82, 2.24) is 0 Å². The van der Waals surface area contributed by atoms with Crippen LogP contribution in [0, 0.1) is 5.92 Å². The normalized spacial score (nSPS) is 19.9. The smallest absolute Gasteiger partial charge is 0.306 e. The zero-order valence-corrected chi connectivity index (χ0v) is 11.9. The quantitative estimate of drug-likeness (QED) is 0.864. The highest BCUT2D eigenvalue weighted by Crippen LogP contribution is 2.38. The number of carbonyl (C=O) groups is 1. The molecule has 1 aliphatic heterocycles. The summed E-state index contributed by atoms with van der Waals surface area (Å²) in [5, 5.41) is 19.2. The Balaban J connectivity index is 2.27. The molecule has 3 unspecified atom stereocenters. The summed E-state index contributed by atoms with van der Waals surface area (Å²) in [6.07, 6.45) is 0.175. The van der Waals surface area contributed by atoms with Crippen LogP contribution in [0.15, 0.2) is 12.1 Å². The van der Waals surface area contributed by atoms with Gasteiger partial charge in [0.05, 0.1) is 19.1 Å². The number of ether oxygens (including phenoxy) is 2. The number of carboxylic acid groups (broad SMARTS) is 1. The Morgan fingerprint density at radius 1 is 1.55 bits per heavy atom. The molecule has 0 saturated carbocycles. The van der Waals surface area contributed by atoms with Gasteiger partial charge in [0.2, 0.25) is 0 Å². The van der Waals surface area contributed by atoms with Crippen molar-refractivity contribution in [3.63, 3.8) is 0 Å². The predicted molar refractivity (Wildman–Crippen MR) is 73.2 cm³/mol. The third-order valence-corrected chi connectivity index (χ3v) is 3.61. The number of aliphatic hydroxyl groups is 1. The van der Waals surface area contributed by atoms with Crippen molar-refractivity contribution in [2.75, 3.05) is 7.11 Å². The first-order chi connectivity index (χ1) is 9.42. The molecule has 2 rings (SSSR count). The highest BCUT2D eigenvalue weighted by atomic mass is 16.5. The molecular weight excluding hydrogens is 260 g/mol. The summed E-state index contributed by atoms with van der Waals surface area (Å²) in [4.78, 5) is 10.9. The molecule has 5 nitrogen and oxygen atoms in total. The standard InChI is InChI=1S/C15H20O5/c1-8(15(17)18)4-12(16)11-7-13-10(5-9(2)20-13)6-14(11)19-3/h6-9,12,16H,4-5H2,1-3H3,(H,17,18). The second-order valence-electron chi connectivity index (χ2n) is 5.33. The fourth-order valence-electron chi connectivity index (χ4n) is 2.45. The summed E-state index contributed by atoms with van der Waals surface area (Å²) in [7, 11) is 1.54. The minimum Gasteiger partial charge on any atom is -0.496 e. The minimum atomic E-state index is -0.922. The average Bonchev–Trinajstić information content (AvgIpc) is 2.75. The first kappa shape index (κ1) is 14.7. The van der Waals surface area contributed by atoms with Crippen LogP contribution in [0.25, 0.3) is 0 Å². The van der Waals surface area contributed by atoms with Gasteiger partial charge in [0.1, 0.15) is 17.6 Å². The lowest BCUT2D eigenvalue weighted by atomic mass is 9.96. The van der Waals surface area contributed by atoms with Gasteiger partial charge in [0.25, 0.3) is 0 Å². The van der Waals surface area contributed by atoms with E-state index in [1.54, 1.807) is 13.0 Å². The molecule has 5 heteroatoms. The van der Waals surface area contributed by atoms with Gasteiger partial charge in [-0.25, -0.2) is 0 Å². The number of rotatable bonds is 5. The van der Waals surface area contributed by atoms with Gasteiger partial charge in [-0.05, 0) is 25.5 Å². The van der Waals surface area contributed by atoms with Crippen molar-refractivity contribution < 1.29 is 24.5 Å². The van der Waals surface area contributed by atoms with Gasteiger partial charge in [0, 0.05) is 17.5 Å². The van der Waals surface area contributed by atoms with Crippen molar-refractivity contribution in [3.05, 3.63) is 23.3 Å². The molecule has 3 atom stereocenters. The van der Waals surface area contributed by atoms with Crippen molar-refractivity contribution in [2.45, 2.75) is 38.9 Å². The number of hydrogen-bond acceptors (Lipinski definition) is 4. The summed E-state index contributed by atoms with van der Waals surface area (Å²) in [5.74, 6) is -0.223. The van der Waals surface area contributed by atoms with Gasteiger partial charge in [-0.1, -0.05) is 6.92 Å². The number of methoxy groups -OCH3 is 1. The maximum Gasteiger partial charge on any atom is 0.306 e. The molecule has 0 aromatic heterocycles. The number of hydrogen-bond donors (Lipinski definition) is 2. The van der Waals surface area contributed by atoms with Crippen LogP contribution in [-0.2, 0) is 11.2 Å². The molecule has 110 valence electrons. The van der Waals surface area contributed by atoms with Gasteiger partial charge in [-0.15, -0.1) is 0 Å². The molecule has 0 radical (unpaired) electrons. The molecule has 0 amide bonds. The first-order valence-corrected chi connectivity index (χ1v) is 6.70. The maximum atomic E-state index is 10.9. The van der Waals surface area contributed by atoms with Crippen molar-refractivity contribution in [3.8, 4) is 11.5 Å². The first-order valence-electron chi connectivity index (χ1n) is 6.70. The van der Waals surface area contributed by atoms with E-state index < -0.39 is 18.0 Å². The molecule has 1 aromatic carbocycles. The van der Waals surface area contributed by atoms with E-state index in [4.69, 9.17) is 14.6 Å². The van der Waals surface area contributed by atoms with Crippen LogP contribution in [0.1, 0.15) is 37.5 Å². The lowest BCUT2D eigenvalue weighted by molar-refractivity contribution is -0.142. The van der Waals surface area contributed by atoms with Crippen molar-refractivity contribution >= 4 is 5.97 Å². The molecule has 0 aliphatic carbocycles. The summed E-state index contributed by atoms with van der Waals surface area (Å²) in [6.45, 7) is 3.55. The van der Waals surface area contributed by atoms with E-state index in [2.05, 4.69) is 0 Å². The Hall–Kier alpha value is -1.75. The largest absolute Gasteiger partial charge is 0.496 e. The number of benzene rings is 1. The topological polar surface area (TPSA) is 76.0 Å². The molecule has 1 aliphatic rings. The monoisotopic (exact) mass is 280 g/mol. The van der Waals surface area contributed by atoms with Gasteiger partial charge in [0.15, 0.2) is 0 Å². The van der Waals surface area contributed by atoms with Crippen LogP contribution < -0.4 is 9.47 Å². The van der Waals surface area contributed by atoms with Gasteiger partial charge < -0.3 is 19.7 Å². The fraction of sp³-hybridized carbons (Fsp3) is 0.533. The highest BCUT2D eigenvalue weighted by Gasteiger charge is 2.26. The molecular formula is C15H20O5. The second-order valence-corrected chi connectivity index (χ2v) is 5.33. The lowest BCUT2D eigenvalue weighted by Gasteiger charge is -2.18.